The maximum atomic E-state index is 13.7. The lowest BCUT2D eigenvalue weighted by Gasteiger charge is -2.26. The summed E-state index contributed by atoms with van der Waals surface area (Å²) in [6.45, 7) is 1.60. The summed E-state index contributed by atoms with van der Waals surface area (Å²) >= 11 is 0. The Morgan fingerprint density at radius 1 is 0.963 bits per heavy atom. The summed E-state index contributed by atoms with van der Waals surface area (Å²) in [4.78, 5) is 28.1. The fraction of sp³-hybridized carbons (Fsp3) is 0.158. The minimum absolute atomic E-state index is 0.0630. The van der Waals surface area contributed by atoms with E-state index in [1.807, 2.05) is 0 Å². The van der Waals surface area contributed by atoms with Gasteiger partial charge in [-0.2, -0.15) is 0 Å². The summed E-state index contributed by atoms with van der Waals surface area (Å²) in [7, 11) is 1.42. The first kappa shape index (κ1) is 18.6. The Morgan fingerprint density at radius 3 is 2.19 bits per heavy atom. The lowest BCUT2D eigenvalue weighted by Crippen LogP contribution is -2.30. The van der Waals surface area contributed by atoms with Gasteiger partial charge in [-0.1, -0.05) is 0 Å². The third-order valence-corrected chi connectivity index (χ3v) is 4.49. The number of pyridine rings is 1. The van der Waals surface area contributed by atoms with Gasteiger partial charge in [0.05, 0.1) is 11.4 Å². The second kappa shape index (κ2) is 6.86. The lowest BCUT2D eigenvalue weighted by molar-refractivity contribution is 0.0742. The molecule has 4 nitrogen and oxygen atoms in total. The summed E-state index contributed by atoms with van der Waals surface area (Å²) in [5.74, 6) is -5.14. The smallest absolute Gasteiger partial charge is 0.255 e. The normalized spacial score (nSPS) is 12.2. The molecule has 0 bridgehead atoms. The van der Waals surface area contributed by atoms with Crippen LogP contribution in [0.4, 0.5) is 17.6 Å². The van der Waals surface area contributed by atoms with E-state index in [0.717, 1.165) is 30.3 Å². The number of hydrogen-bond donors (Lipinski definition) is 1. The van der Waals surface area contributed by atoms with Gasteiger partial charge in [0.2, 0.25) is 0 Å². The first-order valence-electron chi connectivity index (χ1n) is 7.93. The Bertz CT molecular complexity index is 1110. The molecule has 1 heterocycles. The molecule has 2 aromatic carbocycles. The standard InChI is InChI=1S/C19H14F4N2O2/c1-9(25(2)19(27)10-3-4-14(20)15(21)5-10)13-8-24-18(26)12-7-17(23)16(22)6-11(12)13/h3-9H,1-2H3,(H,24,26)/t9-/m1/s1. The van der Waals surface area contributed by atoms with Crippen molar-refractivity contribution in [3.05, 3.63) is 81.3 Å². The average Bonchev–Trinajstić information content (AvgIpc) is 2.64. The number of carbonyl (C=O) groups is 1. The molecule has 8 heteroatoms. The topological polar surface area (TPSA) is 53.2 Å². The highest BCUT2D eigenvalue weighted by molar-refractivity contribution is 5.95. The number of hydrogen-bond acceptors (Lipinski definition) is 2. The van der Waals surface area contributed by atoms with Crippen molar-refractivity contribution >= 4 is 16.7 Å². The van der Waals surface area contributed by atoms with Crippen molar-refractivity contribution in [3.8, 4) is 0 Å². The van der Waals surface area contributed by atoms with E-state index < -0.39 is 40.8 Å². The van der Waals surface area contributed by atoms with Crippen molar-refractivity contribution in [2.75, 3.05) is 7.05 Å². The Balaban J connectivity index is 2.04. The summed E-state index contributed by atoms with van der Waals surface area (Å²) in [5, 5.41) is 0.0852. The van der Waals surface area contributed by atoms with Crippen molar-refractivity contribution < 1.29 is 22.4 Å². The molecule has 0 aliphatic rings. The van der Waals surface area contributed by atoms with Crippen molar-refractivity contribution in [2.24, 2.45) is 0 Å². The molecule has 0 radical (unpaired) electrons. The summed E-state index contributed by atoms with van der Waals surface area (Å²) < 4.78 is 53.6. The zero-order chi connectivity index (χ0) is 19.9. The third-order valence-electron chi connectivity index (χ3n) is 4.49. The molecule has 1 atom stereocenters. The van der Waals surface area contributed by atoms with Crippen LogP contribution in [0.15, 0.2) is 41.3 Å². The maximum Gasteiger partial charge on any atom is 0.255 e. The van der Waals surface area contributed by atoms with Crippen LogP contribution < -0.4 is 5.56 Å². The van der Waals surface area contributed by atoms with E-state index in [9.17, 15) is 27.2 Å². The van der Waals surface area contributed by atoms with Crippen LogP contribution in [0.5, 0.6) is 0 Å². The van der Waals surface area contributed by atoms with E-state index in [1.54, 1.807) is 6.92 Å². The number of halogens is 4. The van der Waals surface area contributed by atoms with Crippen LogP contribution >= 0.6 is 0 Å². The van der Waals surface area contributed by atoms with Gasteiger partial charge in [0.25, 0.3) is 11.5 Å². The number of fused-ring (bicyclic) bond motifs is 1. The van der Waals surface area contributed by atoms with Gasteiger partial charge in [0.15, 0.2) is 23.3 Å². The van der Waals surface area contributed by atoms with Crippen molar-refractivity contribution in [3.63, 3.8) is 0 Å². The zero-order valence-electron chi connectivity index (χ0n) is 14.3. The Morgan fingerprint density at radius 2 is 1.56 bits per heavy atom. The lowest BCUT2D eigenvalue weighted by atomic mass is 10.0. The predicted molar refractivity (Wildman–Crippen MR) is 91.4 cm³/mol. The molecule has 0 unspecified atom stereocenters. The van der Waals surface area contributed by atoms with Crippen molar-refractivity contribution in [1.29, 1.82) is 0 Å². The number of amides is 1. The fourth-order valence-electron chi connectivity index (χ4n) is 2.84. The molecular weight excluding hydrogens is 364 g/mol. The molecular formula is C19H14F4N2O2. The van der Waals surface area contributed by atoms with Crippen LogP contribution in [0, 0.1) is 23.3 Å². The number of benzene rings is 2. The molecule has 0 spiro atoms. The highest BCUT2D eigenvalue weighted by Crippen LogP contribution is 2.28. The summed E-state index contributed by atoms with van der Waals surface area (Å²) in [6.07, 6.45) is 1.31. The monoisotopic (exact) mass is 378 g/mol. The second-order valence-electron chi connectivity index (χ2n) is 6.11. The number of nitrogens with one attached hydrogen (secondary N) is 1. The van der Waals surface area contributed by atoms with E-state index in [-0.39, 0.29) is 16.3 Å². The Hall–Kier alpha value is -3.16. The van der Waals surface area contributed by atoms with Gasteiger partial charge < -0.3 is 9.88 Å². The molecule has 0 aliphatic heterocycles. The van der Waals surface area contributed by atoms with E-state index in [2.05, 4.69) is 4.98 Å². The molecule has 140 valence electrons. The van der Waals surface area contributed by atoms with Gasteiger partial charge in [0, 0.05) is 18.8 Å². The molecule has 1 amide bonds. The Kier molecular flexibility index (Phi) is 4.73. The minimum atomic E-state index is -1.16. The largest absolute Gasteiger partial charge is 0.335 e. The minimum Gasteiger partial charge on any atom is -0.335 e. The first-order chi connectivity index (χ1) is 12.7. The number of H-pyrrole nitrogens is 1. The van der Waals surface area contributed by atoms with E-state index in [1.165, 1.54) is 18.1 Å². The van der Waals surface area contributed by atoms with E-state index >= 15 is 0 Å². The Labute approximate surface area is 151 Å². The highest BCUT2D eigenvalue weighted by atomic mass is 19.2. The van der Waals surface area contributed by atoms with E-state index in [0.29, 0.717) is 5.56 Å². The maximum absolute atomic E-state index is 13.7. The molecule has 0 saturated carbocycles. The molecule has 3 rings (SSSR count). The van der Waals surface area contributed by atoms with Crippen molar-refractivity contribution in [2.45, 2.75) is 13.0 Å². The molecule has 1 aromatic heterocycles. The van der Waals surface area contributed by atoms with Crippen LogP contribution in [0.25, 0.3) is 10.8 Å². The quantitative estimate of drug-likeness (QED) is 0.703. The summed E-state index contributed by atoms with van der Waals surface area (Å²) in [5.41, 5.74) is -0.314. The van der Waals surface area contributed by atoms with Gasteiger partial charge in [-0.15, -0.1) is 0 Å². The fourth-order valence-corrected chi connectivity index (χ4v) is 2.84. The number of aromatic nitrogens is 1. The summed E-state index contributed by atoms with van der Waals surface area (Å²) in [6, 6.07) is 3.76. The average molecular weight is 378 g/mol. The van der Waals surface area contributed by atoms with Crippen LogP contribution in [-0.2, 0) is 0 Å². The molecule has 0 fully saturated rings. The van der Waals surface area contributed by atoms with Crippen LogP contribution in [0.1, 0.15) is 28.9 Å². The highest BCUT2D eigenvalue weighted by Gasteiger charge is 2.23. The first-order valence-corrected chi connectivity index (χ1v) is 7.93. The van der Waals surface area contributed by atoms with Gasteiger partial charge >= 0.3 is 0 Å². The number of aromatic amines is 1. The van der Waals surface area contributed by atoms with Gasteiger partial charge in [-0.25, -0.2) is 17.6 Å². The number of rotatable bonds is 3. The van der Waals surface area contributed by atoms with Gasteiger partial charge in [-0.3, -0.25) is 9.59 Å². The van der Waals surface area contributed by atoms with Crippen LogP contribution in [0.2, 0.25) is 0 Å². The third kappa shape index (κ3) is 3.30. The van der Waals surface area contributed by atoms with Crippen molar-refractivity contribution in [1.82, 2.24) is 9.88 Å². The number of nitrogens with zero attached hydrogens (tertiary/aromatic N) is 1. The number of carbonyl (C=O) groups excluding carboxylic acids is 1. The predicted octanol–water partition coefficient (Wildman–Crippen LogP) is 3.92. The van der Waals surface area contributed by atoms with E-state index in [4.69, 9.17) is 0 Å². The molecule has 0 saturated heterocycles. The second-order valence-corrected chi connectivity index (χ2v) is 6.11. The van der Waals surface area contributed by atoms with Gasteiger partial charge in [-0.05, 0) is 48.2 Å². The SMILES string of the molecule is C[C@H](c1c[nH]c(=O)c2cc(F)c(F)cc12)N(C)C(=O)c1ccc(F)c(F)c1. The molecule has 3 aromatic rings. The zero-order valence-corrected chi connectivity index (χ0v) is 14.3. The molecule has 27 heavy (non-hydrogen) atoms. The van der Waals surface area contributed by atoms with Gasteiger partial charge in [0.1, 0.15) is 0 Å². The molecule has 1 N–H and O–H groups in total. The van der Waals surface area contributed by atoms with Crippen LogP contribution in [0.3, 0.4) is 0 Å². The van der Waals surface area contributed by atoms with Crippen LogP contribution in [-0.4, -0.2) is 22.8 Å². The molecule has 0 aliphatic carbocycles.